The molecule has 0 saturated carbocycles. The molecule has 0 spiro atoms. The average molecular weight is 249 g/mol. The molecule has 1 aromatic carbocycles. The molecule has 0 aromatic heterocycles. The van der Waals surface area contributed by atoms with Gasteiger partial charge in [-0.25, -0.2) is 0 Å². The summed E-state index contributed by atoms with van der Waals surface area (Å²) in [7, 11) is 0. The van der Waals surface area contributed by atoms with Crippen LogP contribution in [0.25, 0.3) is 0 Å². The van der Waals surface area contributed by atoms with Gasteiger partial charge in [0.1, 0.15) is 0 Å². The van der Waals surface area contributed by atoms with Gasteiger partial charge in [0.05, 0.1) is 10.6 Å². The smallest absolute Gasteiger partial charge is 0.271 e. The van der Waals surface area contributed by atoms with E-state index in [4.69, 9.17) is 5.73 Å². The summed E-state index contributed by atoms with van der Waals surface area (Å²) in [5.74, 6) is 0.116. The predicted molar refractivity (Wildman–Crippen MR) is 67.3 cm³/mol. The molecule has 0 radical (unpaired) electrons. The Labute approximate surface area is 105 Å². The van der Waals surface area contributed by atoms with Crippen LogP contribution in [0.15, 0.2) is 18.2 Å². The van der Waals surface area contributed by atoms with Crippen molar-refractivity contribution in [2.24, 2.45) is 11.7 Å². The zero-order valence-corrected chi connectivity index (χ0v) is 10.1. The zero-order chi connectivity index (χ0) is 13.3. The second-order valence-corrected chi connectivity index (χ2v) is 4.54. The zero-order valence-electron chi connectivity index (χ0n) is 10.1. The summed E-state index contributed by atoms with van der Waals surface area (Å²) in [5, 5.41) is 10.8. The van der Waals surface area contributed by atoms with Gasteiger partial charge in [-0.15, -0.1) is 0 Å². The lowest BCUT2D eigenvalue weighted by atomic mass is 10.1. The highest BCUT2D eigenvalue weighted by molar-refractivity contribution is 5.96. The first-order chi connectivity index (χ1) is 8.52. The minimum absolute atomic E-state index is 0.000372. The summed E-state index contributed by atoms with van der Waals surface area (Å²) in [5.41, 5.74) is 7.03. The minimum Gasteiger partial charge on any atom is -0.330 e. The van der Waals surface area contributed by atoms with Crippen molar-refractivity contribution < 1.29 is 9.72 Å². The van der Waals surface area contributed by atoms with E-state index in [0.717, 1.165) is 5.56 Å². The number of rotatable bonds is 3. The van der Waals surface area contributed by atoms with Crippen LogP contribution < -0.4 is 10.6 Å². The van der Waals surface area contributed by atoms with Crippen molar-refractivity contribution in [3.8, 4) is 0 Å². The summed E-state index contributed by atoms with van der Waals surface area (Å²) < 4.78 is 0. The van der Waals surface area contributed by atoms with Crippen molar-refractivity contribution in [2.75, 3.05) is 18.0 Å². The van der Waals surface area contributed by atoms with E-state index in [0.29, 0.717) is 25.2 Å². The molecule has 1 aliphatic heterocycles. The number of nitrogens with zero attached hydrogens (tertiary/aromatic N) is 2. The third-order valence-corrected chi connectivity index (χ3v) is 3.23. The summed E-state index contributed by atoms with van der Waals surface area (Å²) in [6.45, 7) is 2.83. The number of anilines is 1. The molecule has 1 aromatic rings. The number of aryl methyl sites for hydroxylation is 1. The maximum Gasteiger partial charge on any atom is 0.271 e. The van der Waals surface area contributed by atoms with E-state index in [2.05, 4.69) is 0 Å². The Bertz CT molecular complexity index is 501. The van der Waals surface area contributed by atoms with Crippen LogP contribution in [0.1, 0.15) is 12.0 Å². The van der Waals surface area contributed by atoms with Gasteiger partial charge in [0.15, 0.2) is 0 Å². The highest BCUT2D eigenvalue weighted by Gasteiger charge is 2.31. The van der Waals surface area contributed by atoms with Crippen molar-refractivity contribution in [2.45, 2.75) is 13.3 Å². The lowest BCUT2D eigenvalue weighted by Crippen LogP contribution is -2.26. The Kier molecular flexibility index (Phi) is 3.29. The van der Waals surface area contributed by atoms with Crippen molar-refractivity contribution in [1.29, 1.82) is 0 Å². The number of carbonyl (C=O) groups excluding carboxylic acids is 1. The highest BCUT2D eigenvalue weighted by atomic mass is 16.6. The molecule has 1 unspecified atom stereocenters. The molecule has 96 valence electrons. The monoisotopic (exact) mass is 249 g/mol. The van der Waals surface area contributed by atoms with Crippen LogP contribution in [-0.2, 0) is 4.79 Å². The fourth-order valence-electron chi connectivity index (χ4n) is 2.17. The number of benzene rings is 1. The van der Waals surface area contributed by atoms with E-state index in [1.165, 1.54) is 12.1 Å². The summed E-state index contributed by atoms with van der Waals surface area (Å²) >= 11 is 0. The second kappa shape index (κ2) is 4.73. The van der Waals surface area contributed by atoms with E-state index in [1.807, 2.05) is 6.92 Å². The molecule has 6 heteroatoms. The molecule has 1 fully saturated rings. The van der Waals surface area contributed by atoms with Gasteiger partial charge in [-0.1, -0.05) is 6.07 Å². The first-order valence-electron chi connectivity index (χ1n) is 5.78. The van der Waals surface area contributed by atoms with Crippen LogP contribution in [-0.4, -0.2) is 23.9 Å². The molecule has 1 aliphatic rings. The fraction of sp³-hybridized carbons (Fsp3) is 0.417. The lowest BCUT2D eigenvalue weighted by molar-refractivity contribution is -0.384. The van der Waals surface area contributed by atoms with Crippen molar-refractivity contribution in [3.05, 3.63) is 33.9 Å². The highest BCUT2D eigenvalue weighted by Crippen LogP contribution is 2.30. The number of nitrogens with two attached hydrogens (primary N) is 1. The van der Waals surface area contributed by atoms with E-state index >= 15 is 0 Å². The van der Waals surface area contributed by atoms with E-state index < -0.39 is 4.92 Å². The molecular weight excluding hydrogens is 234 g/mol. The van der Waals surface area contributed by atoms with Crippen LogP contribution >= 0.6 is 0 Å². The number of hydrogen-bond donors (Lipinski definition) is 1. The molecule has 1 heterocycles. The Morgan fingerprint density at radius 1 is 1.56 bits per heavy atom. The standard InChI is InChI=1S/C12H15N3O3/c1-8-2-3-10(15(17)18)5-11(8)14-7-9(6-13)4-12(14)16/h2-3,5,9H,4,6-7,13H2,1H3. The van der Waals surface area contributed by atoms with Crippen molar-refractivity contribution in [3.63, 3.8) is 0 Å². The first-order valence-corrected chi connectivity index (χ1v) is 5.78. The molecule has 18 heavy (non-hydrogen) atoms. The SMILES string of the molecule is Cc1ccc([N+](=O)[O-])cc1N1CC(CN)CC1=O. The van der Waals surface area contributed by atoms with Crippen LogP contribution in [0, 0.1) is 23.0 Å². The van der Waals surface area contributed by atoms with Gasteiger partial charge in [0.2, 0.25) is 5.91 Å². The molecule has 0 bridgehead atoms. The normalized spacial score (nSPS) is 19.3. The van der Waals surface area contributed by atoms with E-state index in [1.54, 1.807) is 11.0 Å². The second-order valence-electron chi connectivity index (χ2n) is 4.54. The molecule has 2 rings (SSSR count). The van der Waals surface area contributed by atoms with Crippen LogP contribution in [0.2, 0.25) is 0 Å². The number of carbonyl (C=O) groups is 1. The Morgan fingerprint density at radius 2 is 2.28 bits per heavy atom. The van der Waals surface area contributed by atoms with Crippen LogP contribution in [0.3, 0.4) is 0 Å². The van der Waals surface area contributed by atoms with Gasteiger partial charge >= 0.3 is 0 Å². The maximum absolute atomic E-state index is 11.9. The van der Waals surface area contributed by atoms with Gasteiger partial charge in [0.25, 0.3) is 5.69 Å². The van der Waals surface area contributed by atoms with Crippen molar-refractivity contribution in [1.82, 2.24) is 0 Å². The largest absolute Gasteiger partial charge is 0.330 e. The van der Waals surface area contributed by atoms with Crippen molar-refractivity contribution >= 4 is 17.3 Å². The molecule has 1 atom stereocenters. The number of amides is 1. The topological polar surface area (TPSA) is 89.5 Å². The molecule has 2 N–H and O–H groups in total. The van der Waals surface area contributed by atoms with Crippen LogP contribution in [0.5, 0.6) is 0 Å². The Hall–Kier alpha value is -1.95. The first kappa shape index (κ1) is 12.5. The molecule has 1 amide bonds. The number of nitro benzene ring substituents is 1. The summed E-state index contributed by atoms with van der Waals surface area (Å²) in [4.78, 5) is 23.8. The average Bonchev–Trinajstić information content (AvgIpc) is 2.71. The number of non-ortho nitro benzene ring substituents is 1. The summed E-state index contributed by atoms with van der Waals surface area (Å²) in [6, 6.07) is 4.56. The van der Waals surface area contributed by atoms with Gasteiger partial charge in [-0.2, -0.15) is 0 Å². The van der Waals surface area contributed by atoms with Gasteiger partial charge in [0, 0.05) is 25.1 Å². The van der Waals surface area contributed by atoms with Crippen LogP contribution in [0.4, 0.5) is 11.4 Å². The molecule has 1 saturated heterocycles. The predicted octanol–water partition coefficient (Wildman–Crippen LogP) is 1.21. The quantitative estimate of drug-likeness (QED) is 0.644. The third-order valence-electron chi connectivity index (χ3n) is 3.23. The number of hydrogen-bond acceptors (Lipinski definition) is 4. The molecule has 0 aliphatic carbocycles. The number of nitro groups is 1. The summed E-state index contributed by atoms with van der Waals surface area (Å²) in [6.07, 6.45) is 0.415. The lowest BCUT2D eigenvalue weighted by Gasteiger charge is -2.18. The van der Waals surface area contributed by atoms with E-state index in [9.17, 15) is 14.9 Å². The molecule has 6 nitrogen and oxygen atoms in total. The fourth-order valence-corrected chi connectivity index (χ4v) is 2.17. The van der Waals surface area contributed by atoms with Gasteiger partial charge < -0.3 is 10.6 Å². The van der Waals surface area contributed by atoms with E-state index in [-0.39, 0.29) is 17.5 Å². The van der Waals surface area contributed by atoms with Gasteiger partial charge in [-0.05, 0) is 24.9 Å². The Morgan fingerprint density at radius 3 is 2.83 bits per heavy atom. The Balaban J connectivity index is 2.35. The van der Waals surface area contributed by atoms with Gasteiger partial charge in [-0.3, -0.25) is 14.9 Å². The molecular formula is C12H15N3O3. The third kappa shape index (κ3) is 2.19. The minimum atomic E-state index is -0.454. The maximum atomic E-state index is 11.9.